The molecule has 0 radical (unpaired) electrons. The second-order valence-corrected chi connectivity index (χ2v) is 9.80. The lowest BCUT2D eigenvalue weighted by Gasteiger charge is -2.20. The van der Waals surface area contributed by atoms with Gasteiger partial charge in [-0.2, -0.15) is 4.98 Å². The average Bonchev–Trinajstić information content (AvgIpc) is 3.31. The number of rotatable bonds is 7. The van der Waals surface area contributed by atoms with Crippen molar-refractivity contribution < 1.29 is 22.1 Å². The molecule has 10 nitrogen and oxygen atoms in total. The molecule has 4 aromatic rings. The molecule has 0 saturated heterocycles. The number of aromatic nitrogens is 3. The highest BCUT2D eigenvalue weighted by Gasteiger charge is 2.26. The second kappa shape index (κ2) is 8.23. The van der Waals surface area contributed by atoms with Crippen LogP contribution in [0.4, 0.5) is 5.69 Å². The largest absolute Gasteiger partial charge is 0.495 e. The third-order valence-electron chi connectivity index (χ3n) is 5.59. The highest BCUT2D eigenvalue weighted by Crippen LogP contribution is 2.35. The molecule has 1 saturated carbocycles. The molecule has 5 rings (SSSR count). The van der Waals surface area contributed by atoms with Crippen LogP contribution < -0.4 is 15.2 Å². The maximum absolute atomic E-state index is 12.8. The van der Waals surface area contributed by atoms with Gasteiger partial charge in [0.15, 0.2) is 11.4 Å². The number of anilines is 1. The molecule has 1 fully saturated rings. The van der Waals surface area contributed by atoms with Crippen LogP contribution in [0.25, 0.3) is 11.1 Å². The number of methoxy groups -OCH3 is 1. The van der Waals surface area contributed by atoms with E-state index in [1.165, 1.54) is 42.0 Å². The molecule has 2 aromatic heterocycles. The van der Waals surface area contributed by atoms with Gasteiger partial charge in [-0.15, -0.1) is 0 Å². The fourth-order valence-corrected chi connectivity index (χ4v) is 4.92. The average molecular weight is 491 g/mol. The minimum Gasteiger partial charge on any atom is -0.495 e. The van der Waals surface area contributed by atoms with Crippen LogP contribution in [0.3, 0.4) is 0 Å². The minimum absolute atomic E-state index is 0.0523. The molecular weight excluding hydrogens is 472 g/mol. The SMILES string of the molecule is COc1ccc(NS(=O)(=O)c2ccc3c(c2)oc(=O)n3Cc2noc(C3CCC3)n2)cc1Cl. The first-order valence-corrected chi connectivity index (χ1v) is 12.0. The number of ether oxygens (including phenoxy) is 1. The summed E-state index contributed by atoms with van der Waals surface area (Å²) in [6.07, 6.45) is 3.17. The number of nitrogens with one attached hydrogen (secondary N) is 1. The number of oxazole rings is 1. The molecule has 12 heteroatoms. The topological polar surface area (TPSA) is 129 Å². The van der Waals surface area contributed by atoms with E-state index in [1.807, 2.05) is 0 Å². The van der Waals surface area contributed by atoms with E-state index in [9.17, 15) is 13.2 Å². The summed E-state index contributed by atoms with van der Waals surface area (Å²) < 4.78 is 45.1. The van der Waals surface area contributed by atoms with Gasteiger partial charge in [-0.1, -0.05) is 23.2 Å². The first kappa shape index (κ1) is 21.5. The minimum atomic E-state index is -3.97. The maximum atomic E-state index is 12.8. The molecule has 2 aromatic carbocycles. The molecule has 1 N–H and O–H groups in total. The maximum Gasteiger partial charge on any atom is 0.420 e. The highest BCUT2D eigenvalue weighted by molar-refractivity contribution is 7.92. The highest BCUT2D eigenvalue weighted by atomic mass is 35.5. The summed E-state index contributed by atoms with van der Waals surface area (Å²) in [7, 11) is -2.50. The van der Waals surface area contributed by atoms with E-state index in [0.717, 1.165) is 19.3 Å². The van der Waals surface area contributed by atoms with Crippen LogP contribution in [0.1, 0.15) is 36.9 Å². The van der Waals surface area contributed by atoms with Gasteiger partial charge in [-0.05, 0) is 43.2 Å². The fraction of sp³-hybridized carbons (Fsp3) is 0.286. The zero-order chi connectivity index (χ0) is 23.2. The normalized spacial score (nSPS) is 14.4. The number of sulfonamides is 1. The monoisotopic (exact) mass is 490 g/mol. The molecule has 0 atom stereocenters. The Labute approximate surface area is 193 Å². The van der Waals surface area contributed by atoms with E-state index >= 15 is 0 Å². The van der Waals surface area contributed by atoms with E-state index < -0.39 is 15.8 Å². The van der Waals surface area contributed by atoms with Crippen LogP contribution in [0.2, 0.25) is 5.02 Å². The van der Waals surface area contributed by atoms with Gasteiger partial charge in [-0.3, -0.25) is 9.29 Å². The van der Waals surface area contributed by atoms with Gasteiger partial charge in [0.25, 0.3) is 10.0 Å². The number of halogens is 1. The van der Waals surface area contributed by atoms with Crippen molar-refractivity contribution in [1.82, 2.24) is 14.7 Å². The molecule has 33 heavy (non-hydrogen) atoms. The summed E-state index contributed by atoms with van der Waals surface area (Å²) in [6.45, 7) is 0.0523. The summed E-state index contributed by atoms with van der Waals surface area (Å²) in [5.74, 6) is 0.992. The van der Waals surface area contributed by atoms with Gasteiger partial charge in [0.2, 0.25) is 5.89 Å². The molecule has 1 aliphatic rings. The fourth-order valence-electron chi connectivity index (χ4n) is 3.60. The Morgan fingerprint density at radius 3 is 2.76 bits per heavy atom. The molecular formula is C21H19ClN4O6S. The van der Waals surface area contributed by atoms with Crippen molar-refractivity contribution in [3.8, 4) is 5.75 Å². The number of nitrogens with zero attached hydrogens (tertiary/aromatic N) is 3. The Kier molecular flexibility index (Phi) is 5.37. The third-order valence-corrected chi connectivity index (χ3v) is 7.27. The van der Waals surface area contributed by atoms with Crippen LogP contribution in [0.5, 0.6) is 5.75 Å². The van der Waals surface area contributed by atoms with Crippen LogP contribution in [-0.2, 0) is 16.6 Å². The number of benzene rings is 2. The summed E-state index contributed by atoms with van der Waals surface area (Å²) in [5, 5.41) is 4.21. The summed E-state index contributed by atoms with van der Waals surface area (Å²) in [5.41, 5.74) is 0.805. The lowest BCUT2D eigenvalue weighted by Crippen LogP contribution is -2.16. The lowest BCUT2D eigenvalue weighted by atomic mass is 9.85. The van der Waals surface area contributed by atoms with Gasteiger partial charge in [0, 0.05) is 12.0 Å². The Bertz CT molecular complexity index is 1500. The molecule has 0 amide bonds. The van der Waals surface area contributed by atoms with Crippen LogP contribution in [-0.4, -0.2) is 30.2 Å². The third kappa shape index (κ3) is 4.09. The zero-order valence-electron chi connectivity index (χ0n) is 17.4. The van der Waals surface area contributed by atoms with E-state index in [2.05, 4.69) is 14.9 Å². The smallest absolute Gasteiger partial charge is 0.420 e. The van der Waals surface area contributed by atoms with Gasteiger partial charge in [-0.25, -0.2) is 13.2 Å². The van der Waals surface area contributed by atoms with Crippen molar-refractivity contribution in [2.24, 2.45) is 0 Å². The van der Waals surface area contributed by atoms with E-state index in [4.69, 9.17) is 25.3 Å². The molecule has 0 bridgehead atoms. The zero-order valence-corrected chi connectivity index (χ0v) is 19.0. The summed E-state index contributed by atoms with van der Waals surface area (Å²) >= 11 is 6.07. The van der Waals surface area contributed by atoms with Crippen molar-refractivity contribution in [3.05, 3.63) is 63.7 Å². The molecule has 0 unspecified atom stereocenters. The Morgan fingerprint density at radius 2 is 2.06 bits per heavy atom. The van der Waals surface area contributed by atoms with Gasteiger partial charge < -0.3 is 13.7 Å². The molecule has 172 valence electrons. The number of hydrogen-bond donors (Lipinski definition) is 1. The second-order valence-electron chi connectivity index (χ2n) is 7.72. The first-order chi connectivity index (χ1) is 15.8. The molecule has 1 aliphatic carbocycles. The van der Waals surface area contributed by atoms with Crippen molar-refractivity contribution in [2.75, 3.05) is 11.8 Å². The van der Waals surface area contributed by atoms with Crippen LogP contribution in [0, 0.1) is 0 Å². The first-order valence-electron chi connectivity index (χ1n) is 10.2. The van der Waals surface area contributed by atoms with E-state index in [1.54, 1.807) is 6.07 Å². The molecule has 0 spiro atoms. The van der Waals surface area contributed by atoms with Crippen molar-refractivity contribution in [3.63, 3.8) is 0 Å². The van der Waals surface area contributed by atoms with Crippen LogP contribution >= 0.6 is 11.6 Å². The van der Waals surface area contributed by atoms with Gasteiger partial charge in [0.05, 0.1) is 34.8 Å². The summed E-state index contributed by atoms with van der Waals surface area (Å²) in [4.78, 5) is 16.7. The summed E-state index contributed by atoms with van der Waals surface area (Å²) in [6, 6.07) is 8.70. The number of hydrogen-bond acceptors (Lipinski definition) is 8. The molecule has 0 aliphatic heterocycles. The quantitative estimate of drug-likeness (QED) is 0.414. The Balaban J connectivity index is 1.41. The van der Waals surface area contributed by atoms with E-state index in [-0.39, 0.29) is 33.7 Å². The van der Waals surface area contributed by atoms with E-state index in [0.29, 0.717) is 23.0 Å². The van der Waals surface area contributed by atoms with Crippen molar-refractivity contribution >= 4 is 38.4 Å². The van der Waals surface area contributed by atoms with Gasteiger partial charge >= 0.3 is 5.76 Å². The Hall–Kier alpha value is -3.31. The Morgan fingerprint density at radius 1 is 1.24 bits per heavy atom. The molecule has 2 heterocycles. The van der Waals surface area contributed by atoms with Crippen molar-refractivity contribution in [1.29, 1.82) is 0 Å². The van der Waals surface area contributed by atoms with Gasteiger partial charge in [0.1, 0.15) is 5.75 Å². The van der Waals surface area contributed by atoms with Crippen LogP contribution in [0.15, 0.2) is 55.0 Å². The standard InChI is InChI=1S/C21H19ClN4O6S/c1-30-17-8-5-13(9-15(17)22)25-33(28,29)14-6-7-16-18(10-14)31-21(27)26(16)11-19-23-20(32-24-19)12-3-2-4-12/h5-10,12,25H,2-4,11H2,1H3. The predicted molar refractivity (Wildman–Crippen MR) is 119 cm³/mol. The van der Waals surface area contributed by atoms with Crippen molar-refractivity contribution in [2.45, 2.75) is 36.6 Å². The number of fused-ring (bicyclic) bond motifs is 1. The predicted octanol–water partition coefficient (Wildman–Crippen LogP) is 3.76. The lowest BCUT2D eigenvalue weighted by molar-refractivity contribution is 0.291.